The number of aliphatic hydroxyl groups is 1. The number of hydrogen-bond acceptors (Lipinski definition) is 2. The Balaban J connectivity index is 2.00. The number of carbonyl (C=O) groups is 1. The number of hydrogen-bond donors (Lipinski definition) is 3. The number of aromatic amines is 1. The van der Waals surface area contributed by atoms with Crippen LogP contribution in [0.25, 0.3) is 10.9 Å². The van der Waals surface area contributed by atoms with Crippen molar-refractivity contribution in [3.8, 4) is 0 Å². The summed E-state index contributed by atoms with van der Waals surface area (Å²) in [6, 6.07) is 5.27. The number of rotatable bonds is 6. The summed E-state index contributed by atoms with van der Waals surface area (Å²) in [4.78, 5) is 15.2. The van der Waals surface area contributed by atoms with Crippen molar-refractivity contribution in [2.75, 3.05) is 13.2 Å². The number of nitrogens with one attached hydrogen (secondary N) is 2. The van der Waals surface area contributed by atoms with E-state index >= 15 is 0 Å². The molecule has 1 heterocycles. The van der Waals surface area contributed by atoms with Gasteiger partial charge in [0.05, 0.1) is 5.02 Å². The molecule has 4 nitrogen and oxygen atoms in total. The summed E-state index contributed by atoms with van der Waals surface area (Å²) in [5.41, 5.74) is 1.00. The van der Waals surface area contributed by atoms with E-state index in [9.17, 15) is 9.90 Å². The first kappa shape index (κ1) is 17.1. The molecular formula is C16H20Cl2N2O2. The molecule has 1 aromatic carbocycles. The molecule has 0 atom stereocenters. The Bertz CT molecular complexity index is 680. The highest BCUT2D eigenvalue weighted by Gasteiger charge is 2.18. The fourth-order valence-electron chi connectivity index (χ4n) is 2.22. The van der Waals surface area contributed by atoms with Crippen LogP contribution in [0, 0.1) is 5.41 Å². The van der Waals surface area contributed by atoms with E-state index in [0.29, 0.717) is 22.3 Å². The van der Waals surface area contributed by atoms with E-state index < -0.39 is 0 Å². The van der Waals surface area contributed by atoms with Crippen LogP contribution >= 0.6 is 23.2 Å². The normalized spacial score (nSPS) is 11.9. The lowest BCUT2D eigenvalue weighted by Gasteiger charge is -2.21. The molecule has 0 fully saturated rings. The highest BCUT2D eigenvalue weighted by atomic mass is 35.5. The maximum atomic E-state index is 12.2. The van der Waals surface area contributed by atoms with Crippen molar-refractivity contribution in [3.63, 3.8) is 0 Å². The van der Waals surface area contributed by atoms with Gasteiger partial charge in [-0.25, -0.2) is 0 Å². The predicted octanol–water partition coefficient (Wildman–Crippen LogP) is 4.00. The van der Waals surface area contributed by atoms with Crippen molar-refractivity contribution in [1.82, 2.24) is 10.3 Å². The number of carbonyl (C=O) groups excluding carboxylic acids is 1. The molecular weight excluding hydrogens is 323 g/mol. The molecule has 0 bridgehead atoms. The van der Waals surface area contributed by atoms with Crippen molar-refractivity contribution in [1.29, 1.82) is 0 Å². The topological polar surface area (TPSA) is 65.1 Å². The molecule has 0 aliphatic rings. The number of fused-ring (bicyclic) bond motifs is 1. The predicted molar refractivity (Wildman–Crippen MR) is 90.8 cm³/mol. The van der Waals surface area contributed by atoms with Gasteiger partial charge in [0.2, 0.25) is 0 Å². The lowest BCUT2D eigenvalue weighted by atomic mass is 9.89. The molecule has 1 amide bonds. The van der Waals surface area contributed by atoms with Crippen LogP contribution in [-0.4, -0.2) is 29.1 Å². The van der Waals surface area contributed by atoms with Crippen LogP contribution < -0.4 is 5.32 Å². The first-order valence-electron chi connectivity index (χ1n) is 7.20. The van der Waals surface area contributed by atoms with Crippen molar-refractivity contribution in [2.24, 2.45) is 5.41 Å². The molecule has 0 saturated carbocycles. The Morgan fingerprint density at radius 2 is 2.09 bits per heavy atom. The highest BCUT2D eigenvalue weighted by molar-refractivity contribution is 6.39. The molecule has 0 spiro atoms. The second-order valence-corrected chi connectivity index (χ2v) is 7.00. The van der Waals surface area contributed by atoms with Crippen LogP contribution in [-0.2, 0) is 0 Å². The maximum absolute atomic E-state index is 12.2. The second-order valence-electron chi connectivity index (χ2n) is 6.19. The maximum Gasteiger partial charge on any atom is 0.269 e. The number of aromatic nitrogens is 1. The van der Waals surface area contributed by atoms with Gasteiger partial charge in [-0.05, 0) is 36.5 Å². The summed E-state index contributed by atoms with van der Waals surface area (Å²) in [7, 11) is 0. The quantitative estimate of drug-likeness (QED) is 0.694. The third-order valence-corrected chi connectivity index (χ3v) is 4.30. The lowest BCUT2D eigenvalue weighted by Crippen LogP contribution is -2.26. The summed E-state index contributed by atoms with van der Waals surface area (Å²) in [6.07, 6.45) is 1.63. The lowest BCUT2D eigenvalue weighted by molar-refractivity contribution is 0.0944. The average molecular weight is 343 g/mol. The van der Waals surface area contributed by atoms with Crippen molar-refractivity contribution in [2.45, 2.75) is 26.7 Å². The van der Waals surface area contributed by atoms with Gasteiger partial charge < -0.3 is 15.4 Å². The third kappa shape index (κ3) is 3.94. The summed E-state index contributed by atoms with van der Waals surface area (Å²) >= 11 is 12.2. The summed E-state index contributed by atoms with van der Waals surface area (Å²) < 4.78 is 0. The number of aliphatic hydroxyl groups excluding tert-OH is 1. The molecule has 0 aliphatic carbocycles. The molecule has 0 unspecified atom stereocenters. The van der Waals surface area contributed by atoms with Crippen molar-refractivity contribution in [3.05, 3.63) is 33.9 Å². The van der Waals surface area contributed by atoms with Gasteiger partial charge in [0.25, 0.3) is 5.91 Å². The van der Waals surface area contributed by atoms with Crippen LogP contribution in [0.15, 0.2) is 18.2 Å². The van der Waals surface area contributed by atoms with Crippen LogP contribution in [0.3, 0.4) is 0 Å². The van der Waals surface area contributed by atoms with Crippen molar-refractivity contribution >= 4 is 40.0 Å². The standard InChI is InChI=1S/C16H20Cl2N2O2/c1-16(2,9-21)6-3-7-19-15(22)14-13(18)11-8-10(17)4-5-12(11)20-14/h4-5,8,20-21H,3,6-7,9H2,1-2H3,(H,19,22). The number of H-pyrrole nitrogens is 1. The van der Waals surface area contributed by atoms with Crippen LogP contribution in [0.1, 0.15) is 37.2 Å². The zero-order chi connectivity index (χ0) is 16.3. The van der Waals surface area contributed by atoms with E-state index in [0.717, 1.165) is 23.7 Å². The molecule has 0 aliphatic heterocycles. The fourth-order valence-corrected chi connectivity index (χ4v) is 2.69. The minimum atomic E-state index is -0.237. The Labute approximate surface area is 139 Å². The second kappa shape index (κ2) is 6.90. The van der Waals surface area contributed by atoms with Gasteiger partial charge in [0, 0.05) is 29.1 Å². The van der Waals surface area contributed by atoms with Gasteiger partial charge in [0.15, 0.2) is 0 Å². The number of halogens is 2. The first-order chi connectivity index (χ1) is 10.3. The van der Waals surface area contributed by atoms with Crippen LogP contribution in [0.5, 0.6) is 0 Å². The average Bonchev–Trinajstić information content (AvgIpc) is 2.80. The summed E-state index contributed by atoms with van der Waals surface area (Å²) in [6.45, 7) is 4.66. The molecule has 22 heavy (non-hydrogen) atoms. The molecule has 2 aromatic rings. The fraction of sp³-hybridized carbons (Fsp3) is 0.438. The Morgan fingerprint density at radius 1 is 1.36 bits per heavy atom. The molecule has 0 saturated heterocycles. The van der Waals surface area contributed by atoms with E-state index in [1.165, 1.54) is 0 Å². The van der Waals surface area contributed by atoms with Gasteiger partial charge in [-0.15, -0.1) is 0 Å². The molecule has 3 N–H and O–H groups in total. The SMILES string of the molecule is CC(C)(CO)CCCNC(=O)c1[nH]c2ccc(Cl)cc2c1Cl. The number of amides is 1. The zero-order valence-corrected chi connectivity index (χ0v) is 14.2. The van der Waals surface area contributed by atoms with Crippen molar-refractivity contribution < 1.29 is 9.90 Å². The number of benzene rings is 1. The van der Waals surface area contributed by atoms with Crippen LogP contribution in [0.2, 0.25) is 10.0 Å². The molecule has 6 heteroatoms. The van der Waals surface area contributed by atoms with E-state index in [-0.39, 0.29) is 17.9 Å². The smallest absolute Gasteiger partial charge is 0.269 e. The monoisotopic (exact) mass is 342 g/mol. The van der Waals surface area contributed by atoms with Gasteiger partial charge >= 0.3 is 0 Å². The minimum absolute atomic E-state index is 0.125. The largest absolute Gasteiger partial charge is 0.396 e. The molecule has 0 radical (unpaired) electrons. The van der Waals surface area contributed by atoms with Gasteiger partial charge in [-0.3, -0.25) is 4.79 Å². The van der Waals surface area contributed by atoms with E-state index in [1.54, 1.807) is 18.2 Å². The van der Waals surface area contributed by atoms with E-state index in [4.69, 9.17) is 23.2 Å². The Kier molecular flexibility index (Phi) is 5.37. The zero-order valence-electron chi connectivity index (χ0n) is 12.7. The molecule has 1 aromatic heterocycles. The van der Waals surface area contributed by atoms with Crippen LogP contribution in [0.4, 0.5) is 0 Å². The van der Waals surface area contributed by atoms with E-state index in [2.05, 4.69) is 10.3 Å². The summed E-state index contributed by atoms with van der Waals surface area (Å²) in [5.74, 6) is -0.237. The Hall–Kier alpha value is -1.23. The van der Waals surface area contributed by atoms with Gasteiger partial charge in [-0.2, -0.15) is 0 Å². The molecule has 120 valence electrons. The minimum Gasteiger partial charge on any atom is -0.396 e. The summed E-state index contributed by atoms with van der Waals surface area (Å²) in [5, 5.41) is 13.7. The highest BCUT2D eigenvalue weighted by Crippen LogP contribution is 2.29. The van der Waals surface area contributed by atoms with E-state index in [1.807, 2.05) is 13.8 Å². The Morgan fingerprint density at radius 3 is 2.77 bits per heavy atom. The van der Waals surface area contributed by atoms with Gasteiger partial charge in [0.1, 0.15) is 5.69 Å². The third-order valence-electron chi connectivity index (χ3n) is 3.67. The van der Waals surface area contributed by atoms with Gasteiger partial charge in [-0.1, -0.05) is 37.0 Å². The first-order valence-corrected chi connectivity index (χ1v) is 7.95. The molecule has 2 rings (SSSR count).